The van der Waals surface area contributed by atoms with Crippen molar-refractivity contribution < 1.29 is 0 Å². The molecule has 2 aromatic rings. The van der Waals surface area contributed by atoms with Gasteiger partial charge in [0, 0.05) is 28.2 Å². The number of anilines is 1. The van der Waals surface area contributed by atoms with Crippen LogP contribution in [0.15, 0.2) is 51.4 Å². The van der Waals surface area contributed by atoms with E-state index in [2.05, 4.69) is 86.3 Å². The number of benzene rings is 2. The molecule has 0 amide bonds. The van der Waals surface area contributed by atoms with Crippen molar-refractivity contribution in [2.24, 2.45) is 5.73 Å². The van der Waals surface area contributed by atoms with Crippen LogP contribution in [0.1, 0.15) is 11.1 Å². The van der Waals surface area contributed by atoms with Crippen LogP contribution in [0.3, 0.4) is 0 Å². The summed E-state index contributed by atoms with van der Waals surface area (Å²) in [6.45, 7) is 1.54. The van der Waals surface area contributed by atoms with Crippen LogP contribution in [-0.4, -0.2) is 13.6 Å². The summed E-state index contributed by atoms with van der Waals surface area (Å²) in [5, 5.41) is 0. The molecule has 0 aromatic heterocycles. The SMILES string of the molecule is CN(Cc1ccc(Br)cc1)c1cc(Br)ccc1CCN. The van der Waals surface area contributed by atoms with Gasteiger partial charge in [0.05, 0.1) is 0 Å². The first-order valence-electron chi connectivity index (χ1n) is 6.54. The van der Waals surface area contributed by atoms with Crippen LogP contribution < -0.4 is 10.6 Å². The largest absolute Gasteiger partial charge is 0.370 e. The molecule has 0 spiro atoms. The molecule has 4 heteroatoms. The molecule has 106 valence electrons. The number of hydrogen-bond acceptors (Lipinski definition) is 2. The third-order valence-electron chi connectivity index (χ3n) is 3.21. The first-order chi connectivity index (χ1) is 9.60. The molecule has 0 aliphatic rings. The third kappa shape index (κ3) is 4.08. The average Bonchev–Trinajstić information content (AvgIpc) is 2.43. The number of hydrogen-bond donors (Lipinski definition) is 1. The molecule has 0 saturated carbocycles. The first-order valence-corrected chi connectivity index (χ1v) is 8.13. The van der Waals surface area contributed by atoms with Gasteiger partial charge in [-0.15, -0.1) is 0 Å². The van der Waals surface area contributed by atoms with E-state index in [4.69, 9.17) is 5.73 Å². The fourth-order valence-corrected chi connectivity index (χ4v) is 2.82. The van der Waals surface area contributed by atoms with Crippen molar-refractivity contribution in [3.05, 3.63) is 62.5 Å². The molecule has 2 nitrogen and oxygen atoms in total. The monoisotopic (exact) mass is 396 g/mol. The Bertz CT molecular complexity index is 567. The van der Waals surface area contributed by atoms with Crippen molar-refractivity contribution in [1.82, 2.24) is 0 Å². The second kappa shape index (κ2) is 7.25. The van der Waals surface area contributed by atoms with E-state index in [1.165, 1.54) is 16.8 Å². The maximum Gasteiger partial charge on any atom is 0.0426 e. The molecule has 0 atom stereocenters. The summed E-state index contributed by atoms with van der Waals surface area (Å²) in [6, 6.07) is 14.8. The van der Waals surface area contributed by atoms with Crippen LogP contribution in [0.4, 0.5) is 5.69 Å². The van der Waals surface area contributed by atoms with E-state index in [0.717, 1.165) is 21.9 Å². The third-order valence-corrected chi connectivity index (χ3v) is 4.23. The fraction of sp³-hybridized carbons (Fsp3) is 0.250. The lowest BCUT2D eigenvalue weighted by Crippen LogP contribution is -2.19. The predicted octanol–water partition coefficient (Wildman–Crippen LogP) is 4.35. The van der Waals surface area contributed by atoms with Gasteiger partial charge in [-0.2, -0.15) is 0 Å². The second-order valence-corrected chi connectivity index (χ2v) is 6.63. The molecule has 0 saturated heterocycles. The molecule has 0 heterocycles. The van der Waals surface area contributed by atoms with Gasteiger partial charge in [0.15, 0.2) is 0 Å². The second-order valence-electron chi connectivity index (χ2n) is 4.79. The fourth-order valence-electron chi connectivity index (χ4n) is 2.21. The summed E-state index contributed by atoms with van der Waals surface area (Å²) in [5.41, 5.74) is 9.50. The molecule has 2 N–H and O–H groups in total. The molecule has 0 aliphatic heterocycles. The minimum absolute atomic E-state index is 0.667. The van der Waals surface area contributed by atoms with Crippen molar-refractivity contribution >= 4 is 37.5 Å². The van der Waals surface area contributed by atoms with E-state index >= 15 is 0 Å². The Kier molecular flexibility index (Phi) is 5.64. The minimum Gasteiger partial charge on any atom is -0.370 e. The van der Waals surface area contributed by atoms with E-state index in [9.17, 15) is 0 Å². The lowest BCUT2D eigenvalue weighted by molar-refractivity contribution is 0.892. The Labute approximate surface area is 137 Å². The van der Waals surface area contributed by atoms with E-state index in [0.29, 0.717) is 6.54 Å². The van der Waals surface area contributed by atoms with Gasteiger partial charge in [0.1, 0.15) is 0 Å². The Morgan fingerprint density at radius 3 is 2.30 bits per heavy atom. The van der Waals surface area contributed by atoms with Crippen molar-refractivity contribution in [1.29, 1.82) is 0 Å². The molecular weight excluding hydrogens is 380 g/mol. The summed E-state index contributed by atoms with van der Waals surface area (Å²) in [6.07, 6.45) is 0.896. The summed E-state index contributed by atoms with van der Waals surface area (Å²) in [5.74, 6) is 0. The van der Waals surface area contributed by atoms with Gasteiger partial charge in [-0.1, -0.05) is 50.1 Å². The molecule has 0 unspecified atom stereocenters. The smallest absolute Gasteiger partial charge is 0.0426 e. The van der Waals surface area contributed by atoms with Crippen LogP contribution in [-0.2, 0) is 13.0 Å². The number of nitrogens with two attached hydrogens (primary N) is 1. The maximum atomic E-state index is 5.70. The zero-order valence-electron chi connectivity index (χ0n) is 11.4. The summed E-state index contributed by atoms with van der Waals surface area (Å²) in [7, 11) is 2.11. The van der Waals surface area contributed by atoms with Gasteiger partial charge >= 0.3 is 0 Å². The van der Waals surface area contributed by atoms with Crippen molar-refractivity contribution in [2.75, 3.05) is 18.5 Å². The highest BCUT2D eigenvalue weighted by atomic mass is 79.9. The highest BCUT2D eigenvalue weighted by molar-refractivity contribution is 9.10. The average molecular weight is 398 g/mol. The highest BCUT2D eigenvalue weighted by Gasteiger charge is 2.08. The number of halogens is 2. The standard InChI is InChI=1S/C16H18Br2N2/c1-20(11-12-2-5-14(17)6-3-12)16-10-15(18)7-4-13(16)8-9-19/h2-7,10H,8-9,11,19H2,1H3. The molecule has 0 radical (unpaired) electrons. The Morgan fingerprint density at radius 2 is 1.65 bits per heavy atom. The van der Waals surface area contributed by atoms with Crippen LogP contribution >= 0.6 is 31.9 Å². The minimum atomic E-state index is 0.667. The maximum absolute atomic E-state index is 5.70. The van der Waals surface area contributed by atoms with Crippen molar-refractivity contribution in [2.45, 2.75) is 13.0 Å². The molecule has 2 rings (SSSR count). The lowest BCUT2D eigenvalue weighted by Gasteiger charge is -2.23. The van der Waals surface area contributed by atoms with Crippen LogP contribution in [0.5, 0.6) is 0 Å². The highest BCUT2D eigenvalue weighted by Crippen LogP contribution is 2.26. The Balaban J connectivity index is 2.21. The quantitative estimate of drug-likeness (QED) is 0.812. The van der Waals surface area contributed by atoms with Crippen LogP contribution in [0, 0.1) is 0 Å². The van der Waals surface area contributed by atoms with Crippen LogP contribution in [0.25, 0.3) is 0 Å². The molecule has 0 aliphatic carbocycles. The molecule has 0 bridgehead atoms. The van der Waals surface area contributed by atoms with Gasteiger partial charge in [-0.3, -0.25) is 0 Å². The molecule has 20 heavy (non-hydrogen) atoms. The predicted molar refractivity (Wildman–Crippen MR) is 93.1 cm³/mol. The molecule has 0 fully saturated rings. The van der Waals surface area contributed by atoms with Crippen molar-refractivity contribution in [3.8, 4) is 0 Å². The van der Waals surface area contributed by atoms with E-state index in [-0.39, 0.29) is 0 Å². The first kappa shape index (κ1) is 15.5. The topological polar surface area (TPSA) is 29.3 Å². The zero-order valence-corrected chi connectivity index (χ0v) is 14.6. The van der Waals surface area contributed by atoms with Crippen LogP contribution in [0.2, 0.25) is 0 Å². The number of nitrogens with zero attached hydrogens (tertiary/aromatic N) is 1. The summed E-state index contributed by atoms with van der Waals surface area (Å²) < 4.78 is 2.20. The van der Waals surface area contributed by atoms with Gasteiger partial charge in [-0.05, 0) is 48.4 Å². The molecule has 2 aromatic carbocycles. The summed E-state index contributed by atoms with van der Waals surface area (Å²) in [4.78, 5) is 2.26. The van der Waals surface area contributed by atoms with Gasteiger partial charge in [0.2, 0.25) is 0 Å². The number of rotatable bonds is 5. The van der Waals surface area contributed by atoms with E-state index < -0.39 is 0 Å². The van der Waals surface area contributed by atoms with Gasteiger partial charge < -0.3 is 10.6 Å². The Hall–Kier alpha value is -0.840. The zero-order chi connectivity index (χ0) is 14.5. The van der Waals surface area contributed by atoms with Gasteiger partial charge in [0.25, 0.3) is 0 Å². The lowest BCUT2D eigenvalue weighted by atomic mass is 10.1. The summed E-state index contributed by atoms with van der Waals surface area (Å²) >= 11 is 7.01. The van der Waals surface area contributed by atoms with E-state index in [1.807, 2.05) is 0 Å². The Morgan fingerprint density at radius 1 is 1.00 bits per heavy atom. The molecular formula is C16H18Br2N2. The van der Waals surface area contributed by atoms with E-state index in [1.54, 1.807) is 0 Å². The van der Waals surface area contributed by atoms with Gasteiger partial charge in [-0.25, -0.2) is 0 Å². The normalized spacial score (nSPS) is 10.6. The van der Waals surface area contributed by atoms with Crippen molar-refractivity contribution in [3.63, 3.8) is 0 Å².